The Labute approximate surface area is 104 Å². The van der Waals surface area contributed by atoms with Crippen molar-refractivity contribution >= 4 is 11.6 Å². The minimum atomic E-state index is -0.816. The van der Waals surface area contributed by atoms with Crippen molar-refractivity contribution in [1.82, 2.24) is 4.98 Å². The molecule has 0 spiro atoms. The molecule has 5 nitrogen and oxygen atoms in total. The molecule has 0 saturated carbocycles. The zero-order valence-electron chi connectivity index (χ0n) is 10.3. The Morgan fingerprint density at radius 3 is 2.61 bits per heavy atom. The summed E-state index contributed by atoms with van der Waals surface area (Å²) < 4.78 is 31.7. The molecule has 0 aliphatic heterocycles. The van der Waals surface area contributed by atoms with Crippen molar-refractivity contribution in [1.29, 1.82) is 0 Å². The van der Waals surface area contributed by atoms with Gasteiger partial charge in [0.1, 0.15) is 0 Å². The molecule has 1 aromatic rings. The molecule has 0 aliphatic rings. The highest BCUT2D eigenvalue weighted by Gasteiger charge is 2.15. The lowest BCUT2D eigenvalue weighted by Gasteiger charge is -2.17. The molecule has 0 aliphatic carbocycles. The van der Waals surface area contributed by atoms with Crippen LogP contribution in [-0.4, -0.2) is 43.0 Å². The lowest BCUT2D eigenvalue weighted by atomic mass is 10.3. The smallest absolute Gasteiger partial charge is 0.168 e. The van der Waals surface area contributed by atoms with Crippen LogP contribution in [0.15, 0.2) is 6.07 Å². The largest absolute Gasteiger partial charge is 0.394 e. The van der Waals surface area contributed by atoms with Gasteiger partial charge in [0.2, 0.25) is 0 Å². The number of rotatable bonds is 7. The predicted octanol–water partition coefficient (Wildman–Crippen LogP) is 1.21. The first-order chi connectivity index (χ1) is 8.62. The first kappa shape index (κ1) is 14.6. The van der Waals surface area contributed by atoms with Gasteiger partial charge in [0.25, 0.3) is 0 Å². The normalized spacial score (nSPS) is 12.3. The number of nitrogens with zero attached hydrogens (tertiary/aromatic N) is 1. The summed E-state index contributed by atoms with van der Waals surface area (Å²) in [7, 11) is 1.46. The Hall–Kier alpha value is -1.47. The number of ether oxygens (including phenoxy) is 1. The van der Waals surface area contributed by atoms with Gasteiger partial charge < -0.3 is 20.5 Å². The van der Waals surface area contributed by atoms with Crippen molar-refractivity contribution in [3.8, 4) is 0 Å². The number of nitrogens with one attached hydrogen (secondary N) is 2. The van der Waals surface area contributed by atoms with Gasteiger partial charge in [-0.15, -0.1) is 0 Å². The highest BCUT2D eigenvalue weighted by atomic mass is 19.1. The van der Waals surface area contributed by atoms with Crippen LogP contribution in [0.5, 0.6) is 0 Å². The van der Waals surface area contributed by atoms with E-state index < -0.39 is 17.7 Å². The zero-order valence-corrected chi connectivity index (χ0v) is 10.3. The Bertz CT molecular complexity index is 391. The van der Waals surface area contributed by atoms with E-state index in [1.165, 1.54) is 7.11 Å². The van der Waals surface area contributed by atoms with Crippen molar-refractivity contribution < 1.29 is 18.6 Å². The van der Waals surface area contributed by atoms with Crippen LogP contribution in [0.2, 0.25) is 0 Å². The van der Waals surface area contributed by atoms with E-state index in [0.717, 1.165) is 6.07 Å². The fourth-order valence-corrected chi connectivity index (χ4v) is 1.39. The molecular formula is C11H17F2N3O2. The second-order valence-corrected chi connectivity index (χ2v) is 3.66. The molecule has 0 saturated heterocycles. The van der Waals surface area contributed by atoms with E-state index in [4.69, 9.17) is 9.84 Å². The number of halogens is 2. The van der Waals surface area contributed by atoms with Gasteiger partial charge in [-0.3, -0.25) is 0 Å². The lowest BCUT2D eigenvalue weighted by Crippen LogP contribution is -2.29. The first-order valence-electron chi connectivity index (χ1n) is 5.58. The quantitative estimate of drug-likeness (QED) is 0.688. The number of aromatic nitrogens is 1. The molecule has 0 aromatic carbocycles. The minimum absolute atomic E-state index is 0.0319. The molecule has 1 aromatic heterocycles. The molecule has 0 bridgehead atoms. The molecule has 7 heteroatoms. The number of anilines is 2. The standard InChI is InChI=1S/C11H17F2N3O2/c1-3-14-10-8(12)4-9(13)11(16-10)15-7(5-17)6-18-2/h4,7,17H,3,5-6H2,1-2H3,(H2,14,15,16). The summed E-state index contributed by atoms with van der Waals surface area (Å²) in [5.74, 6) is -1.73. The molecule has 1 unspecified atom stereocenters. The van der Waals surface area contributed by atoms with Gasteiger partial charge in [0.05, 0.1) is 19.3 Å². The van der Waals surface area contributed by atoms with Crippen LogP contribution >= 0.6 is 0 Å². The van der Waals surface area contributed by atoms with Gasteiger partial charge in [-0.1, -0.05) is 0 Å². The van der Waals surface area contributed by atoms with Crippen molar-refractivity contribution in [2.45, 2.75) is 13.0 Å². The summed E-state index contributed by atoms with van der Waals surface area (Å²) >= 11 is 0. The van der Waals surface area contributed by atoms with Gasteiger partial charge >= 0.3 is 0 Å². The summed E-state index contributed by atoms with van der Waals surface area (Å²) in [4.78, 5) is 3.79. The number of pyridine rings is 1. The Morgan fingerprint density at radius 1 is 1.39 bits per heavy atom. The lowest BCUT2D eigenvalue weighted by molar-refractivity contribution is 0.153. The van der Waals surface area contributed by atoms with Crippen molar-refractivity contribution in [2.75, 3.05) is 37.5 Å². The SMILES string of the molecule is CCNc1nc(NC(CO)COC)c(F)cc1F. The van der Waals surface area contributed by atoms with Gasteiger partial charge in [-0.25, -0.2) is 13.8 Å². The molecule has 1 rings (SSSR count). The average Bonchev–Trinajstić information content (AvgIpc) is 2.34. The number of hydrogen-bond acceptors (Lipinski definition) is 5. The maximum atomic E-state index is 13.5. The second kappa shape index (κ2) is 7.07. The highest BCUT2D eigenvalue weighted by molar-refractivity contribution is 5.48. The molecule has 3 N–H and O–H groups in total. The number of hydrogen-bond donors (Lipinski definition) is 3. The van der Waals surface area contributed by atoms with Crippen molar-refractivity contribution in [2.24, 2.45) is 0 Å². The van der Waals surface area contributed by atoms with Crippen LogP contribution in [0.25, 0.3) is 0 Å². The van der Waals surface area contributed by atoms with Gasteiger partial charge in [-0.05, 0) is 6.92 Å². The summed E-state index contributed by atoms with van der Waals surface area (Å²) in [6.45, 7) is 2.18. The predicted molar refractivity (Wildman–Crippen MR) is 64.7 cm³/mol. The zero-order chi connectivity index (χ0) is 13.5. The third-order valence-electron chi connectivity index (χ3n) is 2.20. The molecule has 0 amide bonds. The monoisotopic (exact) mass is 261 g/mol. The molecular weight excluding hydrogens is 244 g/mol. The van der Waals surface area contributed by atoms with E-state index in [1.807, 2.05) is 0 Å². The third kappa shape index (κ3) is 3.78. The fourth-order valence-electron chi connectivity index (χ4n) is 1.39. The number of methoxy groups -OCH3 is 1. The van der Waals surface area contributed by atoms with Crippen LogP contribution in [0, 0.1) is 11.6 Å². The van der Waals surface area contributed by atoms with Gasteiger partial charge in [0.15, 0.2) is 23.3 Å². The molecule has 102 valence electrons. The topological polar surface area (TPSA) is 66.4 Å². The van der Waals surface area contributed by atoms with E-state index in [-0.39, 0.29) is 24.8 Å². The van der Waals surface area contributed by atoms with E-state index in [9.17, 15) is 8.78 Å². The van der Waals surface area contributed by atoms with E-state index >= 15 is 0 Å². The van der Waals surface area contributed by atoms with Crippen LogP contribution in [0.1, 0.15) is 6.92 Å². The molecule has 0 radical (unpaired) electrons. The van der Waals surface area contributed by atoms with Crippen LogP contribution < -0.4 is 10.6 Å². The van der Waals surface area contributed by atoms with Gasteiger partial charge in [-0.2, -0.15) is 0 Å². The number of aliphatic hydroxyl groups is 1. The maximum absolute atomic E-state index is 13.5. The van der Waals surface area contributed by atoms with Crippen LogP contribution in [0.4, 0.5) is 20.4 Å². The molecule has 0 fully saturated rings. The highest BCUT2D eigenvalue weighted by Crippen LogP contribution is 2.19. The second-order valence-electron chi connectivity index (χ2n) is 3.66. The third-order valence-corrected chi connectivity index (χ3v) is 2.20. The van der Waals surface area contributed by atoms with E-state index in [2.05, 4.69) is 15.6 Å². The van der Waals surface area contributed by atoms with Crippen LogP contribution in [0.3, 0.4) is 0 Å². The van der Waals surface area contributed by atoms with E-state index in [1.54, 1.807) is 6.92 Å². The summed E-state index contributed by atoms with van der Waals surface area (Å²) in [6.07, 6.45) is 0. The Balaban J connectivity index is 2.89. The van der Waals surface area contributed by atoms with Crippen molar-refractivity contribution in [3.05, 3.63) is 17.7 Å². The summed E-state index contributed by atoms with van der Waals surface area (Å²) in [5, 5.41) is 14.4. The van der Waals surface area contributed by atoms with E-state index in [0.29, 0.717) is 6.54 Å². The first-order valence-corrected chi connectivity index (χ1v) is 5.58. The van der Waals surface area contributed by atoms with Crippen LogP contribution in [-0.2, 0) is 4.74 Å². The molecule has 18 heavy (non-hydrogen) atoms. The minimum Gasteiger partial charge on any atom is -0.394 e. The maximum Gasteiger partial charge on any atom is 0.168 e. The summed E-state index contributed by atoms with van der Waals surface area (Å²) in [6, 6.07) is 0.242. The van der Waals surface area contributed by atoms with Gasteiger partial charge in [0, 0.05) is 19.7 Å². The fraction of sp³-hybridized carbons (Fsp3) is 0.545. The Kier molecular flexibility index (Phi) is 5.73. The molecule has 1 heterocycles. The Morgan fingerprint density at radius 2 is 2.06 bits per heavy atom. The summed E-state index contributed by atoms with van der Waals surface area (Å²) in [5.41, 5.74) is 0. The average molecular weight is 261 g/mol. The molecule has 1 atom stereocenters. The van der Waals surface area contributed by atoms with Crippen molar-refractivity contribution in [3.63, 3.8) is 0 Å². The number of aliphatic hydroxyl groups excluding tert-OH is 1.